The molecule has 0 radical (unpaired) electrons. The molecule has 2 N–H and O–H groups in total. The zero-order valence-electron chi connectivity index (χ0n) is 13.6. The Bertz CT molecular complexity index is 371. The predicted molar refractivity (Wildman–Crippen MR) is 93.1 cm³/mol. The number of aliphatic hydroxyl groups excluding tert-OH is 2. The third kappa shape index (κ3) is 4.60. The molecule has 0 amide bonds. The number of fused-ring (bicyclic) bond motifs is 2. The lowest BCUT2D eigenvalue weighted by molar-refractivity contribution is 0.0597. The molecule has 0 saturated carbocycles. The second kappa shape index (κ2) is 9.11. The Balaban J connectivity index is 1.89. The van der Waals surface area contributed by atoms with Crippen molar-refractivity contribution >= 4 is 11.8 Å². The zero-order chi connectivity index (χ0) is 15.9. The van der Waals surface area contributed by atoms with Crippen molar-refractivity contribution in [3.8, 4) is 0 Å². The van der Waals surface area contributed by atoms with Crippen LogP contribution in [0, 0.1) is 11.8 Å². The molecule has 2 rings (SSSR count). The minimum Gasteiger partial charge on any atom is -0.393 e. The van der Waals surface area contributed by atoms with E-state index in [1.807, 2.05) is 17.8 Å². The lowest BCUT2D eigenvalue weighted by Gasteiger charge is -2.31. The second-order valence-electron chi connectivity index (χ2n) is 6.37. The van der Waals surface area contributed by atoms with Gasteiger partial charge in [0.25, 0.3) is 0 Å². The van der Waals surface area contributed by atoms with E-state index in [9.17, 15) is 10.2 Å². The van der Waals surface area contributed by atoms with E-state index in [0.717, 1.165) is 37.2 Å². The summed E-state index contributed by atoms with van der Waals surface area (Å²) in [6, 6.07) is 0. The average molecular weight is 327 g/mol. The fourth-order valence-electron chi connectivity index (χ4n) is 3.87. The van der Waals surface area contributed by atoms with Crippen molar-refractivity contribution in [2.75, 3.05) is 11.5 Å². The van der Waals surface area contributed by atoms with Gasteiger partial charge in [-0.25, -0.2) is 0 Å². The van der Waals surface area contributed by atoms with Gasteiger partial charge in [-0.15, -0.1) is 6.58 Å². The molecule has 2 bridgehead atoms. The summed E-state index contributed by atoms with van der Waals surface area (Å²) in [7, 11) is 0. The zero-order valence-corrected chi connectivity index (χ0v) is 14.4. The molecule has 0 spiro atoms. The van der Waals surface area contributed by atoms with Crippen molar-refractivity contribution in [2.45, 2.75) is 63.4 Å². The topological polar surface area (TPSA) is 49.7 Å². The van der Waals surface area contributed by atoms with Crippen molar-refractivity contribution in [1.29, 1.82) is 0 Å². The number of hydrogen-bond acceptors (Lipinski definition) is 4. The van der Waals surface area contributed by atoms with Gasteiger partial charge in [0, 0.05) is 11.7 Å². The molecular formula is C18H30O3S. The van der Waals surface area contributed by atoms with Crippen LogP contribution in [0.1, 0.15) is 39.0 Å². The summed E-state index contributed by atoms with van der Waals surface area (Å²) in [6.45, 7) is 5.82. The minimum absolute atomic E-state index is 0.192. The van der Waals surface area contributed by atoms with Crippen LogP contribution >= 0.6 is 11.8 Å². The standard InChI is InChI=1S/C18H30O3S/c1-3-6-13(19)8-9-14-16-10-11-17(21-16)18(14)15(20)7-5-12-22-4-2/h3,5,7,13-20H,1,4,6,8-12H2,2H3/t13?,14-,15-,16?,17-,18+/m0/s1. The molecular weight excluding hydrogens is 296 g/mol. The van der Waals surface area contributed by atoms with Crippen molar-refractivity contribution in [3.05, 3.63) is 24.8 Å². The molecule has 0 aliphatic carbocycles. The predicted octanol–water partition coefficient (Wildman–Crippen LogP) is 3.17. The van der Waals surface area contributed by atoms with Crippen molar-refractivity contribution in [3.63, 3.8) is 0 Å². The second-order valence-corrected chi connectivity index (χ2v) is 7.68. The van der Waals surface area contributed by atoms with Gasteiger partial charge in [-0.05, 0) is 43.8 Å². The van der Waals surface area contributed by atoms with E-state index in [2.05, 4.69) is 19.6 Å². The van der Waals surface area contributed by atoms with Crippen LogP contribution in [-0.2, 0) is 4.74 Å². The molecule has 126 valence electrons. The van der Waals surface area contributed by atoms with Gasteiger partial charge in [-0.1, -0.05) is 25.2 Å². The van der Waals surface area contributed by atoms with Gasteiger partial charge in [0.2, 0.25) is 0 Å². The molecule has 2 saturated heterocycles. The molecule has 0 aromatic rings. The monoisotopic (exact) mass is 326 g/mol. The Labute approximate surface area is 138 Å². The highest BCUT2D eigenvalue weighted by molar-refractivity contribution is 7.99. The van der Waals surface area contributed by atoms with Gasteiger partial charge in [-0.3, -0.25) is 0 Å². The lowest BCUT2D eigenvalue weighted by atomic mass is 9.73. The summed E-state index contributed by atoms with van der Waals surface area (Å²) in [4.78, 5) is 0. The van der Waals surface area contributed by atoms with Crippen LogP contribution in [0.25, 0.3) is 0 Å². The number of aliphatic hydroxyl groups is 2. The molecule has 3 nitrogen and oxygen atoms in total. The Morgan fingerprint density at radius 2 is 2.09 bits per heavy atom. The van der Waals surface area contributed by atoms with Crippen LogP contribution < -0.4 is 0 Å². The number of ether oxygens (including phenoxy) is 1. The smallest absolute Gasteiger partial charge is 0.0777 e. The fourth-order valence-corrected chi connectivity index (χ4v) is 4.35. The first-order chi connectivity index (χ1) is 10.7. The first-order valence-corrected chi connectivity index (χ1v) is 9.69. The molecule has 2 aliphatic rings. The van der Waals surface area contributed by atoms with E-state index in [4.69, 9.17) is 4.74 Å². The maximum atomic E-state index is 10.6. The van der Waals surface area contributed by atoms with Crippen molar-refractivity contribution < 1.29 is 14.9 Å². The molecule has 0 aromatic heterocycles. The summed E-state index contributed by atoms with van der Waals surface area (Å²) in [6.07, 6.45) is 10.0. The van der Waals surface area contributed by atoms with Gasteiger partial charge < -0.3 is 14.9 Å². The van der Waals surface area contributed by atoms with E-state index in [0.29, 0.717) is 12.3 Å². The van der Waals surface area contributed by atoms with Crippen LogP contribution in [0.5, 0.6) is 0 Å². The summed E-state index contributed by atoms with van der Waals surface area (Å²) in [5, 5.41) is 20.5. The molecule has 6 atom stereocenters. The fraction of sp³-hybridized carbons (Fsp3) is 0.778. The van der Waals surface area contributed by atoms with Crippen LogP contribution in [0.4, 0.5) is 0 Å². The van der Waals surface area contributed by atoms with Crippen LogP contribution in [0.15, 0.2) is 24.8 Å². The van der Waals surface area contributed by atoms with Gasteiger partial charge in [0.05, 0.1) is 24.4 Å². The van der Waals surface area contributed by atoms with E-state index in [1.54, 1.807) is 6.08 Å². The van der Waals surface area contributed by atoms with E-state index < -0.39 is 6.10 Å². The minimum atomic E-state index is -0.422. The average Bonchev–Trinajstić information content (AvgIpc) is 3.10. The van der Waals surface area contributed by atoms with Gasteiger partial charge in [-0.2, -0.15) is 11.8 Å². The lowest BCUT2D eigenvalue weighted by Crippen LogP contribution is -2.36. The van der Waals surface area contributed by atoms with Crippen LogP contribution in [0.3, 0.4) is 0 Å². The highest BCUT2D eigenvalue weighted by atomic mass is 32.2. The maximum Gasteiger partial charge on any atom is 0.0777 e. The van der Waals surface area contributed by atoms with Gasteiger partial charge in [0.15, 0.2) is 0 Å². The van der Waals surface area contributed by atoms with E-state index in [-0.39, 0.29) is 24.2 Å². The summed E-state index contributed by atoms with van der Waals surface area (Å²) in [5.41, 5.74) is 0. The van der Waals surface area contributed by atoms with Crippen LogP contribution in [-0.4, -0.2) is 46.1 Å². The van der Waals surface area contributed by atoms with E-state index >= 15 is 0 Å². The normalized spacial score (nSPS) is 33.4. The Morgan fingerprint density at radius 1 is 1.32 bits per heavy atom. The number of rotatable bonds is 10. The number of thioether (sulfide) groups is 1. The molecule has 2 aliphatic heterocycles. The Kier molecular flexibility index (Phi) is 7.48. The third-order valence-electron chi connectivity index (χ3n) is 4.90. The molecule has 2 fully saturated rings. The molecule has 22 heavy (non-hydrogen) atoms. The first kappa shape index (κ1) is 18.1. The molecule has 0 aromatic carbocycles. The molecule has 4 heteroatoms. The first-order valence-electron chi connectivity index (χ1n) is 8.54. The van der Waals surface area contributed by atoms with Gasteiger partial charge >= 0.3 is 0 Å². The van der Waals surface area contributed by atoms with Crippen molar-refractivity contribution in [2.24, 2.45) is 11.8 Å². The maximum absolute atomic E-state index is 10.6. The van der Waals surface area contributed by atoms with E-state index in [1.165, 1.54) is 0 Å². The summed E-state index contributed by atoms with van der Waals surface area (Å²) >= 11 is 1.86. The number of hydrogen-bond donors (Lipinski definition) is 2. The third-order valence-corrected chi connectivity index (χ3v) is 5.74. The Morgan fingerprint density at radius 3 is 2.82 bits per heavy atom. The van der Waals surface area contributed by atoms with Crippen LogP contribution in [0.2, 0.25) is 0 Å². The van der Waals surface area contributed by atoms with Gasteiger partial charge in [0.1, 0.15) is 0 Å². The largest absolute Gasteiger partial charge is 0.393 e. The highest BCUT2D eigenvalue weighted by Gasteiger charge is 2.50. The summed E-state index contributed by atoms with van der Waals surface area (Å²) in [5.74, 6) is 2.62. The molecule has 2 unspecified atom stereocenters. The highest BCUT2D eigenvalue weighted by Crippen LogP contribution is 2.47. The van der Waals surface area contributed by atoms with Crippen molar-refractivity contribution in [1.82, 2.24) is 0 Å². The molecule has 2 heterocycles. The Hall–Kier alpha value is -0.290. The quantitative estimate of drug-likeness (QED) is 0.478. The SMILES string of the molecule is C=CCC(O)CC[C@H]1C2CC[C@H](O2)[C@H]1[C@@H](O)C=CCSCC. The summed E-state index contributed by atoms with van der Waals surface area (Å²) < 4.78 is 6.04.